The van der Waals surface area contributed by atoms with E-state index in [-0.39, 0.29) is 12.6 Å². The molecule has 0 spiro atoms. The van der Waals surface area contributed by atoms with Crippen molar-refractivity contribution in [3.63, 3.8) is 0 Å². The highest BCUT2D eigenvalue weighted by Crippen LogP contribution is 2.30. The summed E-state index contributed by atoms with van der Waals surface area (Å²) in [5.41, 5.74) is 0.0838. The maximum atomic E-state index is 12.8. The molecule has 2 aromatic carbocycles. The predicted molar refractivity (Wildman–Crippen MR) is 111 cm³/mol. The minimum absolute atomic E-state index is 0.190. The van der Waals surface area contributed by atoms with Crippen LogP contribution in [0, 0.1) is 0 Å². The third-order valence-corrected chi connectivity index (χ3v) is 6.29. The molecule has 1 saturated heterocycles. The summed E-state index contributed by atoms with van der Waals surface area (Å²) < 4.78 is 70.6. The summed E-state index contributed by atoms with van der Waals surface area (Å²) in [6.07, 6.45) is -4.92. The Labute approximate surface area is 184 Å². The average molecular weight is 472 g/mol. The van der Waals surface area contributed by atoms with Gasteiger partial charge in [0.2, 0.25) is 15.9 Å². The number of sulfonamides is 1. The van der Waals surface area contributed by atoms with E-state index in [0.29, 0.717) is 19.2 Å². The fourth-order valence-corrected chi connectivity index (χ4v) is 4.29. The van der Waals surface area contributed by atoms with Crippen LogP contribution in [0.15, 0.2) is 59.5 Å². The van der Waals surface area contributed by atoms with Gasteiger partial charge in [-0.3, -0.25) is 9.69 Å². The molecule has 0 radical (unpaired) electrons. The number of amides is 1. The monoisotopic (exact) mass is 471 g/mol. The Kier molecular flexibility index (Phi) is 7.88. The molecular formula is C21H24F3N3O4S. The van der Waals surface area contributed by atoms with Gasteiger partial charge >= 0.3 is 6.18 Å². The van der Waals surface area contributed by atoms with E-state index in [4.69, 9.17) is 4.74 Å². The molecular weight excluding hydrogens is 447 g/mol. The van der Waals surface area contributed by atoms with E-state index in [2.05, 4.69) is 10.2 Å². The van der Waals surface area contributed by atoms with Crippen LogP contribution in [0.5, 0.6) is 0 Å². The van der Waals surface area contributed by atoms with Crippen molar-refractivity contribution in [3.05, 3.63) is 65.7 Å². The molecule has 174 valence electrons. The SMILES string of the molecule is O=C(CNS(=O)(=O)c1cccc(C(F)(F)F)c1)NCC1CN(Cc2ccccc2)CCO1. The molecule has 0 saturated carbocycles. The van der Waals surface area contributed by atoms with Crippen LogP contribution in [0.3, 0.4) is 0 Å². The summed E-state index contributed by atoms with van der Waals surface area (Å²) in [7, 11) is -4.27. The first-order valence-electron chi connectivity index (χ1n) is 9.95. The van der Waals surface area contributed by atoms with Crippen LogP contribution in [0.1, 0.15) is 11.1 Å². The number of carbonyl (C=O) groups excluding carboxylic acids is 1. The van der Waals surface area contributed by atoms with Gasteiger partial charge in [0.15, 0.2) is 0 Å². The Morgan fingerprint density at radius 1 is 1.12 bits per heavy atom. The lowest BCUT2D eigenvalue weighted by molar-refractivity contribution is -0.137. The average Bonchev–Trinajstić information content (AvgIpc) is 2.77. The van der Waals surface area contributed by atoms with Gasteiger partial charge < -0.3 is 10.1 Å². The summed E-state index contributed by atoms with van der Waals surface area (Å²) >= 11 is 0. The molecule has 1 aliphatic rings. The Balaban J connectivity index is 1.46. The van der Waals surface area contributed by atoms with Crippen LogP contribution in [-0.4, -0.2) is 58.1 Å². The molecule has 0 aromatic heterocycles. The van der Waals surface area contributed by atoms with Crippen LogP contribution in [0.4, 0.5) is 13.2 Å². The van der Waals surface area contributed by atoms with Gasteiger partial charge in [-0.05, 0) is 23.8 Å². The van der Waals surface area contributed by atoms with Gasteiger partial charge in [0.05, 0.1) is 29.7 Å². The summed E-state index contributed by atoms with van der Waals surface area (Å²) in [4.78, 5) is 13.7. The van der Waals surface area contributed by atoms with Gasteiger partial charge in [-0.25, -0.2) is 13.1 Å². The van der Waals surface area contributed by atoms with E-state index in [1.165, 1.54) is 5.56 Å². The molecule has 0 bridgehead atoms. The number of ether oxygens (including phenoxy) is 1. The lowest BCUT2D eigenvalue weighted by Gasteiger charge is -2.33. The van der Waals surface area contributed by atoms with Crippen molar-refractivity contribution in [2.24, 2.45) is 0 Å². The zero-order chi connectivity index (χ0) is 23.2. The van der Waals surface area contributed by atoms with E-state index in [1.54, 1.807) is 0 Å². The number of rotatable bonds is 8. The molecule has 1 heterocycles. The number of hydrogen-bond acceptors (Lipinski definition) is 5. The highest BCUT2D eigenvalue weighted by molar-refractivity contribution is 7.89. The second-order valence-electron chi connectivity index (χ2n) is 7.37. The van der Waals surface area contributed by atoms with Crippen LogP contribution in [0.2, 0.25) is 0 Å². The fraction of sp³-hybridized carbons (Fsp3) is 0.381. The lowest BCUT2D eigenvalue weighted by atomic mass is 10.2. The fourth-order valence-electron chi connectivity index (χ4n) is 3.26. The normalized spacial score (nSPS) is 17.8. The third kappa shape index (κ3) is 7.02. The molecule has 11 heteroatoms. The van der Waals surface area contributed by atoms with Crippen molar-refractivity contribution >= 4 is 15.9 Å². The highest BCUT2D eigenvalue weighted by Gasteiger charge is 2.31. The summed E-state index contributed by atoms with van der Waals surface area (Å²) in [5, 5.41) is 2.60. The van der Waals surface area contributed by atoms with Gasteiger partial charge in [-0.1, -0.05) is 36.4 Å². The van der Waals surface area contributed by atoms with E-state index < -0.39 is 39.1 Å². The van der Waals surface area contributed by atoms with Crippen molar-refractivity contribution in [1.29, 1.82) is 0 Å². The maximum absolute atomic E-state index is 12.8. The number of carbonyl (C=O) groups is 1. The molecule has 32 heavy (non-hydrogen) atoms. The van der Waals surface area contributed by atoms with E-state index in [1.807, 2.05) is 35.1 Å². The number of halogens is 3. The molecule has 1 fully saturated rings. The Morgan fingerprint density at radius 3 is 2.59 bits per heavy atom. The maximum Gasteiger partial charge on any atom is 0.416 e. The van der Waals surface area contributed by atoms with Gasteiger partial charge in [0.25, 0.3) is 0 Å². The molecule has 2 N–H and O–H groups in total. The second-order valence-corrected chi connectivity index (χ2v) is 9.13. The van der Waals surface area contributed by atoms with E-state index in [9.17, 15) is 26.4 Å². The van der Waals surface area contributed by atoms with Crippen LogP contribution >= 0.6 is 0 Å². The number of hydrogen-bond donors (Lipinski definition) is 2. The molecule has 2 aromatic rings. The quantitative estimate of drug-likeness (QED) is 0.615. The molecule has 1 aliphatic heterocycles. The highest BCUT2D eigenvalue weighted by atomic mass is 32.2. The Morgan fingerprint density at radius 2 is 1.88 bits per heavy atom. The first-order chi connectivity index (χ1) is 15.1. The number of nitrogens with zero attached hydrogens (tertiary/aromatic N) is 1. The van der Waals surface area contributed by atoms with Gasteiger partial charge in [0, 0.05) is 26.2 Å². The van der Waals surface area contributed by atoms with Gasteiger partial charge in [0.1, 0.15) is 0 Å². The Bertz CT molecular complexity index is 1020. The van der Waals surface area contributed by atoms with E-state index in [0.717, 1.165) is 31.3 Å². The van der Waals surface area contributed by atoms with Crippen LogP contribution < -0.4 is 10.0 Å². The Hall–Kier alpha value is -2.47. The smallest absolute Gasteiger partial charge is 0.374 e. The minimum atomic E-state index is -4.67. The summed E-state index contributed by atoms with van der Waals surface area (Å²) in [6.45, 7) is 2.22. The van der Waals surface area contributed by atoms with E-state index >= 15 is 0 Å². The summed E-state index contributed by atoms with van der Waals surface area (Å²) in [5.74, 6) is -0.607. The predicted octanol–water partition coefficient (Wildman–Crippen LogP) is 2.00. The van der Waals surface area contributed by atoms with Crippen molar-refractivity contribution in [2.75, 3.05) is 32.8 Å². The molecule has 1 atom stereocenters. The number of nitrogens with one attached hydrogen (secondary N) is 2. The van der Waals surface area contributed by atoms with Gasteiger partial charge in [-0.2, -0.15) is 13.2 Å². The molecule has 1 amide bonds. The van der Waals surface area contributed by atoms with Crippen molar-refractivity contribution < 1.29 is 31.1 Å². The second kappa shape index (κ2) is 10.4. The number of alkyl halides is 3. The largest absolute Gasteiger partial charge is 0.416 e. The topological polar surface area (TPSA) is 87.7 Å². The zero-order valence-electron chi connectivity index (χ0n) is 17.1. The van der Waals surface area contributed by atoms with Crippen molar-refractivity contribution in [3.8, 4) is 0 Å². The minimum Gasteiger partial charge on any atom is -0.374 e. The standard InChI is InChI=1S/C21H24F3N3O4S/c22-21(23,24)17-7-4-8-19(11-17)32(29,30)26-13-20(28)25-12-18-15-27(9-10-31-18)14-16-5-2-1-3-6-16/h1-8,11,18,26H,9-10,12-15H2,(H,25,28). The molecule has 7 nitrogen and oxygen atoms in total. The van der Waals surface area contributed by atoms with Gasteiger partial charge in [-0.15, -0.1) is 0 Å². The summed E-state index contributed by atoms with van der Waals surface area (Å²) in [6, 6.07) is 13.3. The third-order valence-electron chi connectivity index (χ3n) is 4.89. The first kappa shape index (κ1) is 24.2. The van der Waals surface area contributed by atoms with Crippen LogP contribution in [0.25, 0.3) is 0 Å². The first-order valence-corrected chi connectivity index (χ1v) is 11.4. The van der Waals surface area contributed by atoms with Crippen LogP contribution in [-0.2, 0) is 32.3 Å². The number of benzene rings is 2. The molecule has 1 unspecified atom stereocenters. The molecule has 3 rings (SSSR count). The van der Waals surface area contributed by atoms with Crippen molar-refractivity contribution in [1.82, 2.24) is 14.9 Å². The van der Waals surface area contributed by atoms with Crippen molar-refractivity contribution in [2.45, 2.75) is 23.7 Å². The zero-order valence-corrected chi connectivity index (χ0v) is 18.0. The molecule has 0 aliphatic carbocycles. The number of morpholine rings is 1. The lowest BCUT2D eigenvalue weighted by Crippen LogP contribution is -2.48.